The second kappa shape index (κ2) is 6.22. The van der Waals surface area contributed by atoms with E-state index in [4.69, 9.17) is 9.52 Å². The van der Waals surface area contributed by atoms with E-state index in [1.807, 2.05) is 13.0 Å². The minimum Gasteiger partial charge on any atom is -0.481 e. The van der Waals surface area contributed by atoms with E-state index < -0.39 is 5.97 Å². The van der Waals surface area contributed by atoms with Crippen LogP contribution in [0.1, 0.15) is 11.5 Å². The Morgan fingerprint density at radius 1 is 1.44 bits per heavy atom. The summed E-state index contributed by atoms with van der Waals surface area (Å²) in [7, 11) is 0. The monoisotopic (exact) mass is 243 g/mol. The number of carbonyl (C=O) groups is 2. The Labute approximate surface area is 97.2 Å². The summed E-state index contributed by atoms with van der Waals surface area (Å²) in [4.78, 5) is 21.4. The SMILES string of the molecule is Cc1ccc(CNC(=O)CSCC(=O)O)o1. The van der Waals surface area contributed by atoms with E-state index in [0.717, 1.165) is 17.5 Å². The number of carboxylic acids is 1. The Bertz CT molecular complexity index is 375. The topological polar surface area (TPSA) is 79.5 Å². The molecule has 16 heavy (non-hydrogen) atoms. The molecule has 0 aliphatic heterocycles. The second-order valence-electron chi connectivity index (χ2n) is 3.18. The van der Waals surface area contributed by atoms with Crippen molar-refractivity contribution in [3.63, 3.8) is 0 Å². The fourth-order valence-electron chi connectivity index (χ4n) is 1.05. The first-order valence-electron chi connectivity index (χ1n) is 4.69. The van der Waals surface area contributed by atoms with Crippen molar-refractivity contribution < 1.29 is 19.1 Å². The van der Waals surface area contributed by atoms with Crippen LogP contribution < -0.4 is 5.32 Å². The number of hydrogen-bond donors (Lipinski definition) is 2. The summed E-state index contributed by atoms with van der Waals surface area (Å²) in [6.45, 7) is 2.16. The number of carbonyl (C=O) groups excluding carboxylic acids is 1. The molecule has 0 saturated heterocycles. The number of furan rings is 1. The molecule has 1 rings (SSSR count). The molecule has 0 aliphatic carbocycles. The summed E-state index contributed by atoms with van der Waals surface area (Å²) in [6, 6.07) is 3.61. The molecule has 1 aromatic heterocycles. The van der Waals surface area contributed by atoms with Gasteiger partial charge in [0.05, 0.1) is 18.1 Å². The molecule has 2 N–H and O–H groups in total. The zero-order chi connectivity index (χ0) is 12.0. The van der Waals surface area contributed by atoms with Gasteiger partial charge in [0, 0.05) is 0 Å². The average Bonchev–Trinajstić information content (AvgIpc) is 2.61. The zero-order valence-electron chi connectivity index (χ0n) is 8.86. The van der Waals surface area contributed by atoms with Crippen LogP contribution in [0.25, 0.3) is 0 Å². The smallest absolute Gasteiger partial charge is 0.313 e. The predicted octanol–water partition coefficient (Wildman–Crippen LogP) is 1.02. The molecule has 0 aromatic carbocycles. The Balaban J connectivity index is 2.17. The molecular weight excluding hydrogens is 230 g/mol. The standard InChI is InChI=1S/C10H13NO4S/c1-7-2-3-8(15-7)4-11-9(12)5-16-6-10(13)14/h2-3H,4-6H2,1H3,(H,11,12)(H,13,14). The van der Waals surface area contributed by atoms with Gasteiger partial charge < -0.3 is 14.8 Å². The molecule has 0 unspecified atom stereocenters. The highest BCUT2D eigenvalue weighted by molar-refractivity contribution is 8.00. The van der Waals surface area contributed by atoms with E-state index >= 15 is 0 Å². The van der Waals surface area contributed by atoms with Gasteiger partial charge in [-0.1, -0.05) is 0 Å². The summed E-state index contributed by atoms with van der Waals surface area (Å²) in [5, 5.41) is 11.0. The maximum Gasteiger partial charge on any atom is 0.313 e. The van der Waals surface area contributed by atoms with Crippen molar-refractivity contribution in [1.29, 1.82) is 0 Å². The van der Waals surface area contributed by atoms with Gasteiger partial charge in [-0.15, -0.1) is 11.8 Å². The molecule has 0 bridgehead atoms. The van der Waals surface area contributed by atoms with E-state index in [0.29, 0.717) is 12.3 Å². The molecule has 0 spiro atoms. The highest BCUT2D eigenvalue weighted by Crippen LogP contribution is 2.05. The zero-order valence-corrected chi connectivity index (χ0v) is 9.67. The molecule has 0 fully saturated rings. The summed E-state index contributed by atoms with van der Waals surface area (Å²) in [6.07, 6.45) is 0. The minimum absolute atomic E-state index is 0.0622. The predicted molar refractivity (Wildman–Crippen MR) is 60.3 cm³/mol. The van der Waals surface area contributed by atoms with Gasteiger partial charge in [-0.3, -0.25) is 9.59 Å². The lowest BCUT2D eigenvalue weighted by Crippen LogP contribution is -2.24. The van der Waals surface area contributed by atoms with Crippen molar-refractivity contribution in [2.45, 2.75) is 13.5 Å². The van der Waals surface area contributed by atoms with Crippen LogP contribution in [0.2, 0.25) is 0 Å². The van der Waals surface area contributed by atoms with Crippen molar-refractivity contribution in [3.8, 4) is 0 Å². The van der Waals surface area contributed by atoms with Crippen LogP contribution in [-0.2, 0) is 16.1 Å². The van der Waals surface area contributed by atoms with Gasteiger partial charge in [0.1, 0.15) is 11.5 Å². The average molecular weight is 243 g/mol. The molecule has 1 aromatic rings. The highest BCUT2D eigenvalue weighted by Gasteiger charge is 2.05. The Morgan fingerprint density at radius 3 is 2.75 bits per heavy atom. The van der Waals surface area contributed by atoms with E-state index in [9.17, 15) is 9.59 Å². The van der Waals surface area contributed by atoms with Crippen molar-refractivity contribution in [2.75, 3.05) is 11.5 Å². The molecule has 0 saturated carbocycles. The van der Waals surface area contributed by atoms with Gasteiger partial charge in [0.25, 0.3) is 0 Å². The maximum absolute atomic E-state index is 11.2. The summed E-state index contributed by atoms with van der Waals surface area (Å²) < 4.78 is 5.26. The second-order valence-corrected chi connectivity index (χ2v) is 4.16. The quantitative estimate of drug-likeness (QED) is 0.779. The number of thioether (sulfide) groups is 1. The molecule has 5 nitrogen and oxygen atoms in total. The van der Waals surface area contributed by atoms with Crippen LogP contribution in [0.15, 0.2) is 16.5 Å². The molecule has 0 atom stereocenters. The molecule has 6 heteroatoms. The normalized spacial score (nSPS) is 10.1. The van der Waals surface area contributed by atoms with Crippen molar-refractivity contribution in [1.82, 2.24) is 5.32 Å². The summed E-state index contributed by atoms with van der Waals surface area (Å²) in [5.41, 5.74) is 0. The largest absolute Gasteiger partial charge is 0.481 e. The van der Waals surface area contributed by atoms with E-state index in [2.05, 4.69) is 5.32 Å². The van der Waals surface area contributed by atoms with Gasteiger partial charge in [-0.05, 0) is 19.1 Å². The lowest BCUT2D eigenvalue weighted by molar-refractivity contribution is -0.133. The fourth-order valence-corrected chi connectivity index (χ4v) is 1.61. The van der Waals surface area contributed by atoms with Crippen LogP contribution in [0.5, 0.6) is 0 Å². The first-order chi connectivity index (χ1) is 7.58. The molecular formula is C10H13NO4S. The molecule has 0 aliphatic rings. The maximum atomic E-state index is 11.2. The Kier molecular flexibility index (Phi) is 4.91. The van der Waals surface area contributed by atoms with Crippen molar-refractivity contribution >= 4 is 23.6 Å². The third-order valence-electron chi connectivity index (χ3n) is 1.71. The number of carboxylic acid groups (broad SMARTS) is 1. The number of nitrogens with one attached hydrogen (secondary N) is 1. The van der Waals surface area contributed by atoms with Crippen LogP contribution >= 0.6 is 11.8 Å². The first kappa shape index (κ1) is 12.6. The molecule has 88 valence electrons. The van der Waals surface area contributed by atoms with Crippen LogP contribution in [-0.4, -0.2) is 28.5 Å². The van der Waals surface area contributed by atoms with Gasteiger partial charge >= 0.3 is 5.97 Å². The van der Waals surface area contributed by atoms with Crippen molar-refractivity contribution in [2.24, 2.45) is 0 Å². The van der Waals surface area contributed by atoms with Gasteiger partial charge in [-0.25, -0.2) is 0 Å². The Hall–Kier alpha value is -1.43. The first-order valence-corrected chi connectivity index (χ1v) is 5.85. The number of hydrogen-bond acceptors (Lipinski definition) is 4. The highest BCUT2D eigenvalue weighted by atomic mass is 32.2. The van der Waals surface area contributed by atoms with Crippen LogP contribution in [0, 0.1) is 6.92 Å². The fraction of sp³-hybridized carbons (Fsp3) is 0.400. The van der Waals surface area contributed by atoms with E-state index in [1.165, 1.54) is 0 Å². The van der Waals surface area contributed by atoms with Crippen LogP contribution in [0.3, 0.4) is 0 Å². The number of aliphatic carboxylic acids is 1. The number of rotatable bonds is 6. The van der Waals surface area contributed by atoms with Gasteiger partial charge in [-0.2, -0.15) is 0 Å². The van der Waals surface area contributed by atoms with E-state index in [-0.39, 0.29) is 17.4 Å². The van der Waals surface area contributed by atoms with Gasteiger partial charge in [0.15, 0.2) is 0 Å². The third kappa shape index (κ3) is 4.88. The van der Waals surface area contributed by atoms with E-state index in [1.54, 1.807) is 6.07 Å². The number of aryl methyl sites for hydroxylation is 1. The van der Waals surface area contributed by atoms with Crippen molar-refractivity contribution in [3.05, 3.63) is 23.7 Å². The van der Waals surface area contributed by atoms with Gasteiger partial charge in [0.2, 0.25) is 5.91 Å². The summed E-state index contributed by atoms with van der Waals surface area (Å²) >= 11 is 1.07. The van der Waals surface area contributed by atoms with Crippen LogP contribution in [0.4, 0.5) is 0 Å². The lowest BCUT2D eigenvalue weighted by Gasteiger charge is -2.01. The summed E-state index contributed by atoms with van der Waals surface area (Å²) in [5.74, 6) is 0.456. The lowest BCUT2D eigenvalue weighted by atomic mass is 10.4. The number of amides is 1. The Morgan fingerprint density at radius 2 is 2.19 bits per heavy atom. The minimum atomic E-state index is -0.917. The molecule has 0 radical (unpaired) electrons. The molecule has 1 amide bonds. The third-order valence-corrected chi connectivity index (χ3v) is 2.63. The molecule has 1 heterocycles.